The van der Waals surface area contributed by atoms with Crippen LogP contribution in [0.15, 0.2) is 24.3 Å². The van der Waals surface area contributed by atoms with Gasteiger partial charge in [-0.05, 0) is 44.9 Å². The maximum absolute atomic E-state index is 12.0. The zero-order valence-electron chi connectivity index (χ0n) is 11.7. The highest BCUT2D eigenvalue weighted by molar-refractivity contribution is 5.68. The number of benzene rings is 1. The van der Waals surface area contributed by atoms with Gasteiger partial charge >= 0.3 is 6.09 Å². The van der Waals surface area contributed by atoms with Crippen molar-refractivity contribution in [3.63, 3.8) is 0 Å². The number of phenols is 1. The Hall–Kier alpha value is -1.71. The summed E-state index contributed by atoms with van der Waals surface area (Å²) in [6.07, 6.45) is 0.693. The molecule has 1 N–H and O–H groups in total. The van der Waals surface area contributed by atoms with E-state index >= 15 is 0 Å². The number of rotatable bonds is 1. The zero-order chi connectivity index (χ0) is 14.0. The number of ether oxygens (including phenoxy) is 1. The molecular weight excluding hydrogens is 242 g/mol. The molecule has 0 radical (unpaired) electrons. The maximum atomic E-state index is 12.0. The Bertz CT molecular complexity index is 447. The summed E-state index contributed by atoms with van der Waals surface area (Å²) in [5.41, 5.74) is 0.706. The van der Waals surface area contributed by atoms with Crippen molar-refractivity contribution in [1.82, 2.24) is 4.90 Å². The van der Waals surface area contributed by atoms with Crippen LogP contribution in [-0.2, 0) is 4.74 Å². The number of carbonyl (C=O) groups is 1. The Kier molecular flexibility index (Phi) is 3.69. The van der Waals surface area contributed by atoms with E-state index in [0.717, 1.165) is 18.5 Å². The maximum Gasteiger partial charge on any atom is 0.410 e. The SMILES string of the molecule is CC(C)(C)OC(=O)N1CC[C@H](c2ccc(O)cc2)C1. The minimum atomic E-state index is -0.451. The predicted molar refractivity (Wildman–Crippen MR) is 73.3 cm³/mol. The van der Waals surface area contributed by atoms with E-state index in [-0.39, 0.29) is 11.8 Å². The first-order valence-electron chi connectivity index (χ1n) is 6.62. The van der Waals surface area contributed by atoms with Crippen molar-refractivity contribution in [2.75, 3.05) is 13.1 Å². The zero-order valence-corrected chi connectivity index (χ0v) is 11.7. The Morgan fingerprint density at radius 1 is 1.32 bits per heavy atom. The van der Waals surface area contributed by atoms with Gasteiger partial charge in [0.05, 0.1) is 0 Å². The average molecular weight is 263 g/mol. The summed E-state index contributed by atoms with van der Waals surface area (Å²) in [6.45, 7) is 7.02. The molecule has 0 aliphatic carbocycles. The first-order chi connectivity index (χ1) is 8.85. The smallest absolute Gasteiger partial charge is 0.410 e. The van der Waals surface area contributed by atoms with Crippen molar-refractivity contribution in [2.45, 2.75) is 38.7 Å². The third kappa shape index (κ3) is 3.63. The summed E-state index contributed by atoms with van der Waals surface area (Å²) in [6, 6.07) is 7.20. The molecule has 0 bridgehead atoms. The molecule has 1 fully saturated rings. The van der Waals surface area contributed by atoms with Crippen LogP contribution in [-0.4, -0.2) is 34.8 Å². The fraction of sp³-hybridized carbons (Fsp3) is 0.533. The molecule has 1 amide bonds. The Balaban J connectivity index is 1.96. The summed E-state index contributed by atoms with van der Waals surface area (Å²) in [5, 5.41) is 9.28. The van der Waals surface area contributed by atoms with Gasteiger partial charge in [-0.15, -0.1) is 0 Å². The first-order valence-corrected chi connectivity index (χ1v) is 6.62. The van der Waals surface area contributed by atoms with Gasteiger partial charge in [0.1, 0.15) is 11.4 Å². The van der Waals surface area contributed by atoms with Crippen LogP contribution in [0.25, 0.3) is 0 Å². The van der Waals surface area contributed by atoms with Crippen LogP contribution in [0.3, 0.4) is 0 Å². The van der Waals surface area contributed by atoms with Gasteiger partial charge in [-0.25, -0.2) is 4.79 Å². The lowest BCUT2D eigenvalue weighted by atomic mass is 9.98. The summed E-state index contributed by atoms with van der Waals surface area (Å²) in [7, 11) is 0. The fourth-order valence-electron chi connectivity index (χ4n) is 2.27. The Morgan fingerprint density at radius 2 is 1.95 bits per heavy atom. The van der Waals surface area contributed by atoms with E-state index in [4.69, 9.17) is 4.74 Å². The molecule has 1 aromatic rings. The van der Waals surface area contributed by atoms with Crippen LogP contribution < -0.4 is 0 Å². The lowest BCUT2D eigenvalue weighted by Gasteiger charge is -2.24. The molecule has 0 saturated carbocycles. The number of aromatic hydroxyl groups is 1. The van der Waals surface area contributed by atoms with Gasteiger partial charge in [0.2, 0.25) is 0 Å². The van der Waals surface area contributed by atoms with E-state index in [2.05, 4.69) is 0 Å². The average Bonchev–Trinajstić information content (AvgIpc) is 2.77. The van der Waals surface area contributed by atoms with Gasteiger partial charge in [0.15, 0.2) is 0 Å². The summed E-state index contributed by atoms with van der Waals surface area (Å²) < 4.78 is 5.37. The number of phenolic OH excluding ortho intramolecular Hbond substituents is 1. The normalized spacial score (nSPS) is 19.5. The summed E-state index contributed by atoms with van der Waals surface area (Å²) in [5.74, 6) is 0.596. The van der Waals surface area contributed by atoms with E-state index in [0.29, 0.717) is 12.5 Å². The Morgan fingerprint density at radius 3 is 2.53 bits per heavy atom. The molecule has 2 rings (SSSR count). The van der Waals surface area contributed by atoms with Gasteiger partial charge in [-0.1, -0.05) is 12.1 Å². The minimum Gasteiger partial charge on any atom is -0.508 e. The molecule has 1 aromatic carbocycles. The number of nitrogens with zero attached hydrogens (tertiary/aromatic N) is 1. The lowest BCUT2D eigenvalue weighted by Crippen LogP contribution is -2.35. The predicted octanol–water partition coefficient (Wildman–Crippen LogP) is 3.12. The van der Waals surface area contributed by atoms with Gasteiger partial charge in [-0.3, -0.25) is 0 Å². The van der Waals surface area contributed by atoms with Crippen molar-refractivity contribution < 1.29 is 14.6 Å². The second-order valence-corrected chi connectivity index (χ2v) is 6.00. The molecule has 104 valence electrons. The molecule has 0 spiro atoms. The number of likely N-dealkylation sites (tertiary alicyclic amines) is 1. The molecular formula is C15H21NO3. The molecule has 1 saturated heterocycles. The van der Waals surface area contributed by atoms with Crippen molar-refractivity contribution in [1.29, 1.82) is 0 Å². The van der Waals surface area contributed by atoms with Gasteiger partial charge in [0.25, 0.3) is 0 Å². The molecule has 1 atom stereocenters. The topological polar surface area (TPSA) is 49.8 Å². The number of carbonyl (C=O) groups excluding carboxylic acids is 1. The fourth-order valence-corrected chi connectivity index (χ4v) is 2.27. The largest absolute Gasteiger partial charge is 0.508 e. The summed E-state index contributed by atoms with van der Waals surface area (Å²) >= 11 is 0. The highest BCUT2D eigenvalue weighted by atomic mass is 16.6. The van der Waals surface area contributed by atoms with Crippen molar-refractivity contribution >= 4 is 6.09 Å². The second kappa shape index (κ2) is 5.11. The van der Waals surface area contributed by atoms with Crippen LogP contribution in [0, 0.1) is 0 Å². The third-order valence-corrected chi connectivity index (χ3v) is 3.20. The second-order valence-electron chi connectivity index (χ2n) is 6.00. The number of amides is 1. The standard InChI is InChI=1S/C15H21NO3/c1-15(2,3)19-14(18)16-9-8-12(10-16)11-4-6-13(17)7-5-11/h4-7,12,17H,8-10H2,1-3H3/t12-/m0/s1. The first kappa shape index (κ1) is 13.7. The van der Waals surface area contributed by atoms with Crippen LogP contribution in [0.2, 0.25) is 0 Å². The molecule has 1 heterocycles. The van der Waals surface area contributed by atoms with Gasteiger partial charge in [0, 0.05) is 19.0 Å². The van der Waals surface area contributed by atoms with Gasteiger partial charge < -0.3 is 14.7 Å². The molecule has 19 heavy (non-hydrogen) atoms. The third-order valence-electron chi connectivity index (χ3n) is 3.20. The van der Waals surface area contributed by atoms with Crippen molar-refractivity contribution in [2.24, 2.45) is 0 Å². The van der Waals surface area contributed by atoms with E-state index < -0.39 is 5.60 Å². The van der Waals surface area contributed by atoms with E-state index in [1.165, 1.54) is 0 Å². The van der Waals surface area contributed by atoms with Crippen LogP contribution in [0.1, 0.15) is 38.7 Å². The van der Waals surface area contributed by atoms with Crippen LogP contribution in [0.4, 0.5) is 4.79 Å². The monoisotopic (exact) mass is 263 g/mol. The summed E-state index contributed by atoms with van der Waals surface area (Å²) in [4.78, 5) is 13.7. The molecule has 4 nitrogen and oxygen atoms in total. The minimum absolute atomic E-state index is 0.242. The van der Waals surface area contributed by atoms with Crippen LogP contribution >= 0.6 is 0 Å². The van der Waals surface area contributed by atoms with E-state index in [9.17, 15) is 9.90 Å². The molecule has 0 aromatic heterocycles. The van der Waals surface area contributed by atoms with Crippen molar-refractivity contribution in [3.05, 3.63) is 29.8 Å². The molecule has 1 aliphatic rings. The van der Waals surface area contributed by atoms with E-state index in [1.807, 2.05) is 32.9 Å². The van der Waals surface area contributed by atoms with Gasteiger partial charge in [-0.2, -0.15) is 0 Å². The lowest BCUT2D eigenvalue weighted by molar-refractivity contribution is 0.0292. The number of hydrogen-bond acceptors (Lipinski definition) is 3. The van der Waals surface area contributed by atoms with Crippen molar-refractivity contribution in [3.8, 4) is 5.75 Å². The number of hydrogen-bond donors (Lipinski definition) is 1. The van der Waals surface area contributed by atoms with Crippen LogP contribution in [0.5, 0.6) is 5.75 Å². The quantitative estimate of drug-likeness (QED) is 0.847. The Labute approximate surface area is 114 Å². The molecule has 4 heteroatoms. The highest BCUT2D eigenvalue weighted by Gasteiger charge is 2.30. The molecule has 0 unspecified atom stereocenters. The highest BCUT2D eigenvalue weighted by Crippen LogP contribution is 2.29. The molecule has 1 aliphatic heterocycles. The van der Waals surface area contributed by atoms with E-state index in [1.54, 1.807) is 17.0 Å².